The summed E-state index contributed by atoms with van der Waals surface area (Å²) < 4.78 is 41.7. The SMILES string of the molecule is CCn1ncc(CN(C)C(=O)[C@@H](C)n2nc(C(F)(F)F)c(Cl)c2C)c1C. The van der Waals surface area contributed by atoms with E-state index in [1.807, 2.05) is 18.5 Å². The second-order valence-corrected chi connectivity index (χ2v) is 6.51. The predicted molar refractivity (Wildman–Crippen MR) is 90.8 cm³/mol. The third-order valence-electron chi connectivity index (χ3n) is 4.36. The molecule has 0 N–H and O–H groups in total. The molecule has 144 valence electrons. The minimum atomic E-state index is -4.67. The lowest BCUT2D eigenvalue weighted by molar-refractivity contribution is -0.142. The van der Waals surface area contributed by atoms with Gasteiger partial charge in [0.2, 0.25) is 5.91 Å². The van der Waals surface area contributed by atoms with Gasteiger partial charge in [-0.3, -0.25) is 14.2 Å². The zero-order chi connectivity index (χ0) is 19.8. The van der Waals surface area contributed by atoms with Crippen LogP contribution in [0.3, 0.4) is 0 Å². The molecule has 0 saturated heterocycles. The molecule has 2 rings (SSSR count). The number of aryl methyl sites for hydroxylation is 1. The zero-order valence-electron chi connectivity index (χ0n) is 15.2. The summed E-state index contributed by atoms with van der Waals surface area (Å²) in [5, 5.41) is 7.26. The Kier molecular flexibility index (Phi) is 5.70. The molecule has 0 saturated carbocycles. The van der Waals surface area contributed by atoms with E-state index in [2.05, 4.69) is 10.2 Å². The first-order valence-corrected chi connectivity index (χ1v) is 8.44. The molecule has 0 radical (unpaired) electrons. The zero-order valence-corrected chi connectivity index (χ0v) is 16.0. The van der Waals surface area contributed by atoms with Crippen molar-refractivity contribution in [2.75, 3.05) is 7.05 Å². The summed E-state index contributed by atoms with van der Waals surface area (Å²) in [6.45, 7) is 7.78. The predicted octanol–water partition coefficient (Wildman–Crippen LogP) is 3.61. The smallest absolute Gasteiger partial charge is 0.339 e. The Hall–Kier alpha value is -2.03. The van der Waals surface area contributed by atoms with Crippen molar-refractivity contribution in [2.45, 2.75) is 53.0 Å². The maximum atomic E-state index is 13.0. The summed E-state index contributed by atoms with van der Waals surface area (Å²) >= 11 is 5.76. The van der Waals surface area contributed by atoms with Crippen LogP contribution in [0.1, 0.15) is 42.5 Å². The van der Waals surface area contributed by atoms with Crippen molar-refractivity contribution in [3.05, 3.63) is 33.9 Å². The molecule has 0 unspecified atom stereocenters. The van der Waals surface area contributed by atoms with Gasteiger partial charge in [0.25, 0.3) is 0 Å². The number of hydrogen-bond donors (Lipinski definition) is 0. The van der Waals surface area contributed by atoms with Crippen molar-refractivity contribution in [3.63, 3.8) is 0 Å². The average Bonchev–Trinajstić information content (AvgIpc) is 3.06. The van der Waals surface area contributed by atoms with Crippen LogP contribution in [0.15, 0.2) is 6.20 Å². The van der Waals surface area contributed by atoms with Crippen LogP contribution in [0.2, 0.25) is 5.02 Å². The van der Waals surface area contributed by atoms with E-state index in [9.17, 15) is 18.0 Å². The Labute approximate surface area is 154 Å². The molecule has 0 aromatic carbocycles. The molecule has 6 nitrogen and oxygen atoms in total. The molecule has 26 heavy (non-hydrogen) atoms. The van der Waals surface area contributed by atoms with Crippen molar-refractivity contribution in [3.8, 4) is 0 Å². The van der Waals surface area contributed by atoms with Crippen LogP contribution in [0, 0.1) is 13.8 Å². The fourth-order valence-corrected chi connectivity index (χ4v) is 3.00. The van der Waals surface area contributed by atoms with Crippen LogP contribution in [-0.2, 0) is 24.1 Å². The second-order valence-electron chi connectivity index (χ2n) is 6.13. The Balaban J connectivity index is 2.22. The average molecular weight is 392 g/mol. The maximum Gasteiger partial charge on any atom is 0.436 e. The Morgan fingerprint density at radius 3 is 2.42 bits per heavy atom. The number of aromatic nitrogens is 4. The van der Waals surface area contributed by atoms with Crippen molar-refractivity contribution in [1.82, 2.24) is 24.5 Å². The number of amides is 1. The third kappa shape index (κ3) is 3.72. The van der Waals surface area contributed by atoms with Crippen molar-refractivity contribution in [2.24, 2.45) is 0 Å². The number of likely N-dealkylation sites (N-methyl/N-ethyl adjacent to an activating group) is 1. The largest absolute Gasteiger partial charge is 0.436 e. The van der Waals surface area contributed by atoms with E-state index in [4.69, 9.17) is 11.6 Å². The van der Waals surface area contributed by atoms with Gasteiger partial charge in [-0.2, -0.15) is 23.4 Å². The molecule has 0 spiro atoms. The van der Waals surface area contributed by atoms with Crippen LogP contribution < -0.4 is 0 Å². The highest BCUT2D eigenvalue weighted by Gasteiger charge is 2.39. The molecule has 0 aliphatic heterocycles. The first-order valence-electron chi connectivity index (χ1n) is 8.07. The molecule has 1 atom stereocenters. The van der Waals surface area contributed by atoms with Crippen molar-refractivity contribution < 1.29 is 18.0 Å². The van der Waals surface area contributed by atoms with Gasteiger partial charge in [0.15, 0.2) is 5.69 Å². The monoisotopic (exact) mass is 391 g/mol. The number of carbonyl (C=O) groups excluding carboxylic acids is 1. The molecule has 0 aliphatic carbocycles. The molecule has 2 aromatic rings. The van der Waals surface area contributed by atoms with Gasteiger partial charge in [-0.25, -0.2) is 0 Å². The van der Waals surface area contributed by atoms with Gasteiger partial charge in [-0.05, 0) is 27.7 Å². The van der Waals surface area contributed by atoms with Gasteiger partial charge in [0.1, 0.15) is 6.04 Å². The fraction of sp³-hybridized carbons (Fsp3) is 0.562. The van der Waals surface area contributed by atoms with Gasteiger partial charge < -0.3 is 4.90 Å². The summed E-state index contributed by atoms with van der Waals surface area (Å²) in [5.41, 5.74) is 0.737. The summed E-state index contributed by atoms with van der Waals surface area (Å²) in [7, 11) is 1.59. The van der Waals surface area contributed by atoms with E-state index in [-0.39, 0.29) is 11.6 Å². The van der Waals surface area contributed by atoms with Gasteiger partial charge in [0.05, 0.1) is 16.9 Å². The van der Waals surface area contributed by atoms with Crippen molar-refractivity contribution >= 4 is 17.5 Å². The second kappa shape index (κ2) is 7.30. The standard InChI is InChI=1S/C16H21ClF3N5O/c1-6-24-9(2)12(7-21-24)8-23(5)15(26)11(4)25-10(3)13(17)14(22-25)16(18,19)20/h7,11H,6,8H2,1-5H3/t11-/m1/s1. The third-order valence-corrected chi connectivity index (χ3v) is 4.81. The molecular weight excluding hydrogens is 371 g/mol. The van der Waals surface area contributed by atoms with E-state index >= 15 is 0 Å². The number of hydrogen-bond acceptors (Lipinski definition) is 3. The van der Waals surface area contributed by atoms with E-state index in [0.29, 0.717) is 13.1 Å². The normalized spacial score (nSPS) is 13.1. The lowest BCUT2D eigenvalue weighted by Gasteiger charge is -2.22. The molecule has 1 amide bonds. The van der Waals surface area contributed by atoms with Crippen LogP contribution in [-0.4, -0.2) is 37.4 Å². The van der Waals surface area contributed by atoms with Gasteiger partial charge in [-0.15, -0.1) is 0 Å². The molecule has 0 fully saturated rings. The Morgan fingerprint density at radius 2 is 1.96 bits per heavy atom. The topological polar surface area (TPSA) is 56.0 Å². The van der Waals surface area contributed by atoms with E-state index in [1.165, 1.54) is 18.7 Å². The number of carbonyl (C=O) groups is 1. The molecule has 0 aliphatic rings. The summed E-state index contributed by atoms with van der Waals surface area (Å²) in [6, 6.07) is -0.921. The van der Waals surface area contributed by atoms with E-state index in [1.54, 1.807) is 13.2 Å². The molecule has 0 bridgehead atoms. The first kappa shape index (κ1) is 20.3. The molecule has 10 heteroatoms. The highest BCUT2D eigenvalue weighted by molar-refractivity contribution is 6.32. The Bertz CT molecular complexity index is 812. The highest BCUT2D eigenvalue weighted by atomic mass is 35.5. The quantitative estimate of drug-likeness (QED) is 0.782. The van der Waals surface area contributed by atoms with E-state index in [0.717, 1.165) is 15.9 Å². The van der Waals surface area contributed by atoms with Gasteiger partial charge in [0, 0.05) is 31.4 Å². The van der Waals surface area contributed by atoms with Crippen LogP contribution in [0.25, 0.3) is 0 Å². The number of nitrogens with zero attached hydrogens (tertiary/aromatic N) is 5. The van der Waals surface area contributed by atoms with Gasteiger partial charge in [-0.1, -0.05) is 11.6 Å². The minimum Gasteiger partial charge on any atom is -0.339 e. The molecule has 2 aromatic heterocycles. The summed E-state index contributed by atoms with van der Waals surface area (Å²) in [4.78, 5) is 14.1. The number of alkyl halides is 3. The van der Waals surface area contributed by atoms with Crippen LogP contribution >= 0.6 is 11.6 Å². The molecule has 2 heterocycles. The summed E-state index contributed by atoms with van der Waals surface area (Å²) in [5.74, 6) is -0.371. The van der Waals surface area contributed by atoms with Crippen molar-refractivity contribution in [1.29, 1.82) is 0 Å². The fourth-order valence-electron chi connectivity index (χ4n) is 2.77. The first-order chi connectivity index (χ1) is 12.0. The lowest BCUT2D eigenvalue weighted by atomic mass is 10.2. The minimum absolute atomic E-state index is 0.100. The summed E-state index contributed by atoms with van der Waals surface area (Å²) in [6.07, 6.45) is -2.99. The Morgan fingerprint density at radius 1 is 1.35 bits per heavy atom. The number of halogens is 4. The lowest BCUT2D eigenvalue weighted by Crippen LogP contribution is -2.33. The van der Waals surface area contributed by atoms with Gasteiger partial charge >= 0.3 is 6.18 Å². The highest BCUT2D eigenvalue weighted by Crippen LogP contribution is 2.36. The maximum absolute atomic E-state index is 13.0. The molecular formula is C16H21ClF3N5O. The van der Waals surface area contributed by atoms with Crippen LogP contribution in [0.5, 0.6) is 0 Å². The number of rotatable bonds is 5. The van der Waals surface area contributed by atoms with E-state index < -0.39 is 22.9 Å². The van der Waals surface area contributed by atoms with Crippen LogP contribution in [0.4, 0.5) is 13.2 Å².